The molecule has 102 valence electrons. The van der Waals surface area contributed by atoms with E-state index in [1.54, 1.807) is 7.11 Å². The summed E-state index contributed by atoms with van der Waals surface area (Å²) in [6.07, 6.45) is 5.23. The number of likely N-dealkylation sites (tertiary alicyclic amines) is 1. The maximum atomic E-state index is 5.41. The summed E-state index contributed by atoms with van der Waals surface area (Å²) >= 11 is 0. The molecule has 1 N–H and O–H groups in total. The second kappa shape index (κ2) is 7.34. The highest BCUT2D eigenvalue weighted by atomic mass is 16.5. The molecule has 1 aliphatic heterocycles. The van der Waals surface area contributed by atoms with Crippen molar-refractivity contribution in [2.24, 2.45) is 0 Å². The van der Waals surface area contributed by atoms with Gasteiger partial charge < -0.3 is 10.1 Å². The SMILES string of the molecule is COC(C)(C)CCNCC(C)N1CCCCC1. The average Bonchev–Trinajstić information content (AvgIpc) is 2.35. The summed E-state index contributed by atoms with van der Waals surface area (Å²) < 4.78 is 5.41. The molecule has 0 saturated carbocycles. The number of ether oxygens (including phenoxy) is 1. The van der Waals surface area contributed by atoms with E-state index in [9.17, 15) is 0 Å². The molecule has 1 unspecified atom stereocenters. The highest BCUT2D eigenvalue weighted by Gasteiger charge is 2.18. The fraction of sp³-hybridized carbons (Fsp3) is 1.00. The van der Waals surface area contributed by atoms with E-state index in [1.807, 2.05) is 0 Å². The van der Waals surface area contributed by atoms with Crippen LogP contribution in [0.3, 0.4) is 0 Å². The lowest BCUT2D eigenvalue weighted by Crippen LogP contribution is -2.43. The van der Waals surface area contributed by atoms with Gasteiger partial charge in [0.25, 0.3) is 0 Å². The van der Waals surface area contributed by atoms with Gasteiger partial charge in [-0.3, -0.25) is 4.90 Å². The van der Waals surface area contributed by atoms with Crippen molar-refractivity contribution in [3.05, 3.63) is 0 Å². The van der Waals surface area contributed by atoms with E-state index in [0.29, 0.717) is 6.04 Å². The standard InChI is InChI=1S/C14H30N2O/c1-13(16-10-6-5-7-11-16)12-15-9-8-14(2,3)17-4/h13,15H,5-12H2,1-4H3. The molecular formula is C14H30N2O. The van der Waals surface area contributed by atoms with E-state index in [1.165, 1.54) is 32.4 Å². The number of hydrogen-bond acceptors (Lipinski definition) is 3. The molecule has 0 aromatic heterocycles. The number of piperidine rings is 1. The quantitative estimate of drug-likeness (QED) is 0.693. The van der Waals surface area contributed by atoms with Crippen LogP contribution in [-0.4, -0.2) is 49.8 Å². The van der Waals surface area contributed by atoms with Crippen molar-refractivity contribution in [1.82, 2.24) is 10.2 Å². The maximum Gasteiger partial charge on any atom is 0.0634 e. The number of rotatable bonds is 7. The topological polar surface area (TPSA) is 24.5 Å². The molecule has 3 nitrogen and oxygen atoms in total. The zero-order valence-electron chi connectivity index (χ0n) is 12.1. The van der Waals surface area contributed by atoms with Gasteiger partial charge in [0.05, 0.1) is 5.60 Å². The van der Waals surface area contributed by atoms with Crippen molar-refractivity contribution in [1.29, 1.82) is 0 Å². The van der Waals surface area contributed by atoms with E-state index in [2.05, 4.69) is 31.0 Å². The van der Waals surface area contributed by atoms with Crippen LogP contribution in [-0.2, 0) is 4.74 Å². The van der Waals surface area contributed by atoms with Gasteiger partial charge in [0.2, 0.25) is 0 Å². The lowest BCUT2D eigenvalue weighted by Gasteiger charge is -2.32. The monoisotopic (exact) mass is 242 g/mol. The lowest BCUT2D eigenvalue weighted by atomic mass is 10.1. The Labute approximate surface area is 107 Å². The van der Waals surface area contributed by atoms with Crippen LogP contribution in [0.4, 0.5) is 0 Å². The second-order valence-corrected chi connectivity index (χ2v) is 5.86. The fourth-order valence-corrected chi connectivity index (χ4v) is 2.29. The first-order chi connectivity index (χ1) is 8.05. The van der Waals surface area contributed by atoms with Gasteiger partial charge in [0.15, 0.2) is 0 Å². The van der Waals surface area contributed by atoms with Crippen molar-refractivity contribution < 1.29 is 4.74 Å². The minimum absolute atomic E-state index is 0.00135. The summed E-state index contributed by atoms with van der Waals surface area (Å²) in [6, 6.07) is 0.668. The molecule has 0 amide bonds. The number of methoxy groups -OCH3 is 1. The van der Waals surface area contributed by atoms with Crippen LogP contribution in [0.5, 0.6) is 0 Å². The normalized spacial score (nSPS) is 20.5. The molecule has 0 radical (unpaired) electrons. The third-order valence-electron chi connectivity index (χ3n) is 3.91. The highest BCUT2D eigenvalue weighted by Crippen LogP contribution is 2.13. The zero-order valence-corrected chi connectivity index (χ0v) is 12.1. The zero-order chi connectivity index (χ0) is 12.7. The van der Waals surface area contributed by atoms with Gasteiger partial charge in [0.1, 0.15) is 0 Å². The molecule has 1 aliphatic rings. The minimum atomic E-state index is 0.00135. The molecule has 0 aromatic carbocycles. The van der Waals surface area contributed by atoms with Crippen LogP contribution < -0.4 is 5.32 Å². The average molecular weight is 242 g/mol. The first-order valence-corrected chi connectivity index (χ1v) is 7.05. The number of nitrogens with zero attached hydrogens (tertiary/aromatic N) is 1. The van der Waals surface area contributed by atoms with Crippen molar-refractivity contribution in [3.8, 4) is 0 Å². The third-order valence-corrected chi connectivity index (χ3v) is 3.91. The largest absolute Gasteiger partial charge is 0.379 e. The van der Waals surface area contributed by atoms with Crippen molar-refractivity contribution in [2.75, 3.05) is 33.3 Å². The summed E-state index contributed by atoms with van der Waals surface area (Å²) in [7, 11) is 1.79. The van der Waals surface area contributed by atoms with Gasteiger partial charge in [-0.15, -0.1) is 0 Å². The van der Waals surface area contributed by atoms with E-state index < -0.39 is 0 Å². The van der Waals surface area contributed by atoms with Gasteiger partial charge in [-0.25, -0.2) is 0 Å². The Balaban J connectivity index is 2.09. The molecule has 1 rings (SSSR count). The van der Waals surface area contributed by atoms with E-state index in [4.69, 9.17) is 4.74 Å². The summed E-state index contributed by atoms with van der Waals surface area (Å²) in [6.45, 7) is 11.3. The summed E-state index contributed by atoms with van der Waals surface area (Å²) in [5.74, 6) is 0. The molecule has 1 atom stereocenters. The van der Waals surface area contributed by atoms with E-state index in [-0.39, 0.29) is 5.60 Å². The Morgan fingerprint density at radius 1 is 1.24 bits per heavy atom. The molecule has 17 heavy (non-hydrogen) atoms. The van der Waals surface area contributed by atoms with Crippen molar-refractivity contribution >= 4 is 0 Å². The first kappa shape index (κ1) is 14.9. The third kappa shape index (κ3) is 5.84. The van der Waals surface area contributed by atoms with Crippen LogP contribution in [0.15, 0.2) is 0 Å². The summed E-state index contributed by atoms with van der Waals surface area (Å²) in [5.41, 5.74) is 0.00135. The maximum absolute atomic E-state index is 5.41. The first-order valence-electron chi connectivity index (χ1n) is 7.05. The van der Waals surface area contributed by atoms with Crippen LogP contribution in [0.2, 0.25) is 0 Å². The Hall–Kier alpha value is -0.120. The number of nitrogens with one attached hydrogen (secondary N) is 1. The van der Waals surface area contributed by atoms with Gasteiger partial charge in [0, 0.05) is 19.7 Å². The smallest absolute Gasteiger partial charge is 0.0634 e. The molecule has 1 fully saturated rings. The fourth-order valence-electron chi connectivity index (χ4n) is 2.29. The van der Waals surface area contributed by atoms with Crippen LogP contribution in [0, 0.1) is 0 Å². The van der Waals surface area contributed by atoms with Crippen LogP contribution in [0.25, 0.3) is 0 Å². The van der Waals surface area contributed by atoms with E-state index in [0.717, 1.165) is 19.5 Å². The Bertz CT molecular complexity index is 200. The van der Waals surface area contributed by atoms with Gasteiger partial charge in [-0.2, -0.15) is 0 Å². The second-order valence-electron chi connectivity index (χ2n) is 5.86. The van der Waals surface area contributed by atoms with Crippen molar-refractivity contribution in [2.45, 2.75) is 58.1 Å². The molecular weight excluding hydrogens is 212 g/mol. The predicted molar refractivity (Wildman–Crippen MR) is 73.5 cm³/mol. The van der Waals surface area contributed by atoms with E-state index >= 15 is 0 Å². The predicted octanol–water partition coefficient (Wildman–Crippen LogP) is 2.27. The molecule has 0 bridgehead atoms. The van der Waals surface area contributed by atoms with Gasteiger partial charge >= 0.3 is 0 Å². The molecule has 3 heteroatoms. The highest BCUT2D eigenvalue weighted by molar-refractivity contribution is 4.74. The summed E-state index contributed by atoms with van der Waals surface area (Å²) in [4.78, 5) is 2.61. The van der Waals surface area contributed by atoms with Crippen molar-refractivity contribution in [3.63, 3.8) is 0 Å². The molecule has 0 aromatic rings. The Morgan fingerprint density at radius 2 is 1.88 bits per heavy atom. The lowest BCUT2D eigenvalue weighted by molar-refractivity contribution is 0.0155. The Morgan fingerprint density at radius 3 is 2.47 bits per heavy atom. The van der Waals surface area contributed by atoms with Gasteiger partial charge in [-0.05, 0) is 59.7 Å². The minimum Gasteiger partial charge on any atom is -0.379 e. The Kier molecular flexibility index (Phi) is 6.45. The summed E-state index contributed by atoms with van der Waals surface area (Å²) in [5, 5.41) is 3.55. The van der Waals surface area contributed by atoms with Gasteiger partial charge in [-0.1, -0.05) is 6.42 Å². The molecule has 1 heterocycles. The molecule has 1 saturated heterocycles. The number of hydrogen-bond donors (Lipinski definition) is 1. The van der Waals surface area contributed by atoms with Crippen LogP contribution in [0.1, 0.15) is 46.5 Å². The molecule has 0 aliphatic carbocycles. The molecule has 0 spiro atoms. The van der Waals surface area contributed by atoms with Crippen LogP contribution >= 0.6 is 0 Å².